The molecule has 0 bridgehead atoms. The van der Waals surface area contributed by atoms with E-state index in [0.717, 1.165) is 63.8 Å². The van der Waals surface area contributed by atoms with Gasteiger partial charge in [0, 0.05) is 38.7 Å². The number of piperidine rings is 1. The first-order valence-electron chi connectivity index (χ1n) is 13.7. The molecule has 200 valence electrons. The van der Waals surface area contributed by atoms with Crippen LogP contribution in [0.1, 0.15) is 38.0 Å². The summed E-state index contributed by atoms with van der Waals surface area (Å²) in [5, 5.41) is 11.0. The number of rotatable bonds is 8. The summed E-state index contributed by atoms with van der Waals surface area (Å²) in [6.45, 7) is 18.0. The van der Waals surface area contributed by atoms with Crippen molar-refractivity contribution in [1.29, 1.82) is 0 Å². The van der Waals surface area contributed by atoms with Gasteiger partial charge in [-0.3, -0.25) is 10.00 Å². The molecular weight excluding hydrogens is 498 g/mol. The maximum Gasteiger partial charge on any atom is 0.138 e. The van der Waals surface area contributed by atoms with E-state index in [1.54, 1.807) is 11.3 Å². The first kappa shape index (κ1) is 26.9. The fraction of sp³-hybridized carbons (Fsp3) is 0.273. The average molecular weight is 536 g/mol. The Morgan fingerprint density at radius 3 is 2.67 bits per heavy atom. The zero-order chi connectivity index (χ0) is 27.4. The Morgan fingerprint density at radius 2 is 1.97 bits per heavy atom. The normalized spacial score (nSPS) is 16.4. The van der Waals surface area contributed by atoms with Crippen molar-refractivity contribution in [3.05, 3.63) is 94.0 Å². The highest BCUT2D eigenvalue weighted by atomic mass is 32.1. The van der Waals surface area contributed by atoms with Crippen molar-refractivity contribution < 1.29 is 0 Å². The van der Waals surface area contributed by atoms with Crippen LogP contribution in [-0.4, -0.2) is 44.7 Å². The van der Waals surface area contributed by atoms with Gasteiger partial charge in [0.1, 0.15) is 11.3 Å². The highest BCUT2D eigenvalue weighted by molar-refractivity contribution is 7.15. The molecule has 5 heterocycles. The average Bonchev–Trinajstić information content (AvgIpc) is 3.69. The van der Waals surface area contributed by atoms with Crippen molar-refractivity contribution in [3.8, 4) is 21.8 Å². The first-order chi connectivity index (χ1) is 19.0. The van der Waals surface area contributed by atoms with Gasteiger partial charge < -0.3 is 4.98 Å². The molecule has 0 aromatic carbocycles. The molecule has 5 nitrogen and oxygen atoms in total. The monoisotopic (exact) mass is 535 g/mol. The van der Waals surface area contributed by atoms with Crippen LogP contribution in [0.25, 0.3) is 45.0 Å². The second kappa shape index (κ2) is 12.0. The number of allylic oxidation sites excluding steroid dienone is 4. The number of H-pyrrole nitrogens is 2. The number of thiophene rings is 1. The van der Waals surface area contributed by atoms with Crippen LogP contribution in [0.15, 0.2) is 78.6 Å². The number of hydrogen-bond acceptors (Lipinski definition) is 4. The fourth-order valence-corrected chi connectivity index (χ4v) is 6.15. The molecule has 0 amide bonds. The molecule has 1 aliphatic heterocycles. The quantitative estimate of drug-likeness (QED) is 0.248. The number of hydrogen-bond donors (Lipinski definition) is 2. The minimum atomic E-state index is 0.854. The van der Waals surface area contributed by atoms with E-state index in [4.69, 9.17) is 5.10 Å². The molecule has 0 aliphatic carbocycles. The fourth-order valence-electron chi connectivity index (χ4n) is 5.25. The Labute approximate surface area is 234 Å². The number of fused-ring (bicyclic) bond motifs is 1. The van der Waals surface area contributed by atoms with Crippen LogP contribution in [-0.2, 0) is 0 Å². The van der Waals surface area contributed by atoms with E-state index in [1.165, 1.54) is 40.2 Å². The van der Waals surface area contributed by atoms with Gasteiger partial charge >= 0.3 is 0 Å². The van der Waals surface area contributed by atoms with Crippen molar-refractivity contribution >= 4 is 34.5 Å². The predicted molar refractivity (Wildman–Crippen MR) is 167 cm³/mol. The second-order valence-corrected chi connectivity index (χ2v) is 11.4. The van der Waals surface area contributed by atoms with Crippen LogP contribution >= 0.6 is 11.3 Å². The molecule has 6 heteroatoms. The van der Waals surface area contributed by atoms with Crippen molar-refractivity contribution in [2.75, 3.05) is 19.6 Å². The van der Waals surface area contributed by atoms with E-state index < -0.39 is 0 Å². The minimum absolute atomic E-state index is 0.854. The van der Waals surface area contributed by atoms with E-state index in [1.807, 2.05) is 25.3 Å². The smallest absolute Gasteiger partial charge is 0.138 e. The number of nitrogens with one attached hydrogen (secondary N) is 2. The molecule has 0 atom stereocenters. The van der Waals surface area contributed by atoms with Gasteiger partial charge in [0.2, 0.25) is 0 Å². The highest BCUT2D eigenvalue weighted by Gasteiger charge is 2.15. The number of aromatic nitrogens is 4. The Kier molecular flexibility index (Phi) is 8.24. The topological polar surface area (TPSA) is 60.6 Å². The van der Waals surface area contributed by atoms with Gasteiger partial charge in [-0.15, -0.1) is 11.3 Å². The summed E-state index contributed by atoms with van der Waals surface area (Å²) in [4.78, 5) is 13.2. The summed E-state index contributed by atoms with van der Waals surface area (Å²) in [6.07, 6.45) is 16.2. The van der Waals surface area contributed by atoms with Gasteiger partial charge in [-0.25, -0.2) is 4.98 Å². The summed E-state index contributed by atoms with van der Waals surface area (Å²) in [6, 6.07) is 8.58. The van der Waals surface area contributed by atoms with Gasteiger partial charge in [0.25, 0.3) is 0 Å². The zero-order valence-electron chi connectivity index (χ0n) is 23.2. The standard InChI is InChI=1S/C33H37N5S/c1-6-24(21-38-16-10-9-11-17-38)19-25(7-2)22(4)18-28-29(8-3)36-37-32(28)30-20-27-26(14-15-34-33(27)35-30)31-13-12-23(5)39-31/h6-8,12-15,18-20,36H,1,4,9-11,16-17,21H2,2-3,5H3,(H,34,35)/b24-19+,25-7+,28-18+,29-8+. The van der Waals surface area contributed by atoms with Crippen LogP contribution < -0.4 is 10.6 Å². The highest BCUT2D eigenvalue weighted by Crippen LogP contribution is 2.34. The molecule has 1 fully saturated rings. The molecule has 0 unspecified atom stereocenters. The number of aromatic amines is 2. The van der Waals surface area contributed by atoms with Crippen LogP contribution in [0.3, 0.4) is 0 Å². The maximum atomic E-state index is 4.71. The third-order valence-corrected chi connectivity index (χ3v) is 8.41. The van der Waals surface area contributed by atoms with E-state index in [0.29, 0.717) is 0 Å². The lowest BCUT2D eigenvalue weighted by Gasteiger charge is -2.26. The molecule has 0 radical (unpaired) electrons. The molecule has 1 saturated heterocycles. The second-order valence-electron chi connectivity index (χ2n) is 10.1. The summed E-state index contributed by atoms with van der Waals surface area (Å²) in [7, 11) is 0. The third kappa shape index (κ3) is 5.82. The van der Waals surface area contributed by atoms with Crippen molar-refractivity contribution in [3.63, 3.8) is 0 Å². The van der Waals surface area contributed by atoms with Gasteiger partial charge in [-0.2, -0.15) is 5.10 Å². The van der Waals surface area contributed by atoms with Crippen LogP contribution in [0.5, 0.6) is 0 Å². The molecule has 5 rings (SSSR count). The summed E-state index contributed by atoms with van der Waals surface area (Å²) in [5.74, 6) is 0. The number of nitrogens with zero attached hydrogens (tertiary/aromatic N) is 3. The lowest BCUT2D eigenvalue weighted by molar-refractivity contribution is 0.248. The van der Waals surface area contributed by atoms with E-state index >= 15 is 0 Å². The van der Waals surface area contributed by atoms with Crippen LogP contribution in [0.2, 0.25) is 0 Å². The largest absolute Gasteiger partial charge is 0.338 e. The van der Waals surface area contributed by atoms with Gasteiger partial charge in [0.05, 0.1) is 11.0 Å². The third-order valence-electron chi connectivity index (χ3n) is 7.37. The van der Waals surface area contributed by atoms with Gasteiger partial charge in [-0.1, -0.05) is 43.9 Å². The summed E-state index contributed by atoms with van der Waals surface area (Å²) < 4.78 is 0. The Hall–Kier alpha value is -3.74. The molecule has 4 aromatic rings. The Bertz CT molecular complexity index is 1680. The zero-order valence-corrected chi connectivity index (χ0v) is 24.0. The number of likely N-dealkylation sites (tertiary alicyclic amines) is 1. The molecule has 2 N–H and O–H groups in total. The Morgan fingerprint density at radius 1 is 1.15 bits per heavy atom. The molecular formula is C33H37N5S. The number of aryl methyl sites for hydroxylation is 1. The number of pyridine rings is 1. The molecule has 4 aromatic heterocycles. The van der Waals surface area contributed by atoms with E-state index in [2.05, 4.69) is 89.5 Å². The lowest BCUT2D eigenvalue weighted by atomic mass is 10.0. The predicted octanol–water partition coefficient (Wildman–Crippen LogP) is 6.67. The van der Waals surface area contributed by atoms with Gasteiger partial charge in [0.15, 0.2) is 0 Å². The molecule has 0 spiro atoms. The van der Waals surface area contributed by atoms with Crippen LogP contribution in [0, 0.1) is 6.92 Å². The minimum Gasteiger partial charge on any atom is -0.338 e. The lowest BCUT2D eigenvalue weighted by Crippen LogP contribution is -2.31. The van der Waals surface area contributed by atoms with E-state index in [-0.39, 0.29) is 0 Å². The molecule has 39 heavy (non-hydrogen) atoms. The maximum absolute atomic E-state index is 4.71. The van der Waals surface area contributed by atoms with Crippen molar-refractivity contribution in [2.45, 2.75) is 40.0 Å². The molecule has 0 saturated carbocycles. The SMILES string of the molecule is C=C/C(=C\C(=C/C)C(=C)/C=c1/c(-c2cc3c(-c4ccc(C)s4)ccnc3[nH]2)n[nH]/c1=C/C)CN1CCCCC1. The molecule has 1 aliphatic rings. The van der Waals surface area contributed by atoms with Crippen molar-refractivity contribution in [1.82, 2.24) is 25.1 Å². The summed E-state index contributed by atoms with van der Waals surface area (Å²) >= 11 is 1.80. The summed E-state index contributed by atoms with van der Waals surface area (Å²) in [5.41, 5.74) is 7.06. The van der Waals surface area contributed by atoms with E-state index in [9.17, 15) is 0 Å². The van der Waals surface area contributed by atoms with Crippen molar-refractivity contribution in [2.24, 2.45) is 0 Å². The van der Waals surface area contributed by atoms with Crippen LogP contribution in [0.4, 0.5) is 0 Å². The first-order valence-corrected chi connectivity index (χ1v) is 14.5. The Balaban J connectivity index is 1.52. The van der Waals surface area contributed by atoms with Gasteiger partial charge in [-0.05, 0) is 93.8 Å².